The van der Waals surface area contributed by atoms with Crippen LogP contribution in [0.1, 0.15) is 21.7 Å². The number of imide groups is 1. The molecule has 0 unspecified atom stereocenters. The van der Waals surface area contributed by atoms with E-state index in [1.165, 1.54) is 25.3 Å². The minimum atomic E-state index is -0.527. The average molecular weight is 454 g/mol. The number of hydrogen-bond donors (Lipinski definition) is 1. The number of hydrogen-bond acceptors (Lipinski definition) is 6. The highest BCUT2D eigenvalue weighted by atomic mass is 32.2. The number of ether oxygens (including phenoxy) is 1. The van der Waals surface area contributed by atoms with Crippen molar-refractivity contribution in [3.63, 3.8) is 0 Å². The fourth-order valence-corrected chi connectivity index (χ4v) is 4.21. The Morgan fingerprint density at radius 1 is 1.19 bits per heavy atom. The second-order valence-corrected chi connectivity index (χ2v) is 7.94. The van der Waals surface area contributed by atoms with E-state index >= 15 is 0 Å². The molecule has 0 aliphatic carbocycles. The lowest BCUT2D eigenvalue weighted by Crippen LogP contribution is -2.37. The molecule has 32 heavy (non-hydrogen) atoms. The van der Waals surface area contributed by atoms with Gasteiger partial charge in [-0.2, -0.15) is 0 Å². The molecule has 2 heterocycles. The Hall–Kier alpha value is -3.43. The van der Waals surface area contributed by atoms with Crippen LogP contribution in [0, 0.1) is 5.82 Å². The molecule has 1 aliphatic rings. The number of methoxy groups -OCH3 is 1. The smallest absolute Gasteiger partial charge is 0.293 e. The maximum atomic E-state index is 13.9. The number of rotatable bonds is 7. The molecule has 164 valence electrons. The predicted molar refractivity (Wildman–Crippen MR) is 118 cm³/mol. The van der Waals surface area contributed by atoms with Gasteiger partial charge in [0.2, 0.25) is 0 Å². The van der Waals surface area contributed by atoms with Crippen LogP contribution in [-0.2, 0) is 16.1 Å². The number of nitrogens with one attached hydrogen (secondary N) is 1. The van der Waals surface area contributed by atoms with Gasteiger partial charge in [-0.15, -0.1) is 0 Å². The molecule has 1 N–H and O–H groups in total. The molecule has 0 atom stereocenters. The van der Waals surface area contributed by atoms with Crippen LogP contribution in [0.15, 0.2) is 57.9 Å². The number of benzene rings is 2. The number of para-hydroxylation sites is 1. The summed E-state index contributed by atoms with van der Waals surface area (Å²) in [6, 6.07) is 13.2. The minimum absolute atomic E-state index is 0.0230. The molecule has 4 rings (SSSR count). The Morgan fingerprint density at radius 3 is 2.72 bits per heavy atom. The van der Waals surface area contributed by atoms with E-state index in [9.17, 15) is 18.8 Å². The molecular weight excluding hydrogens is 435 g/mol. The summed E-state index contributed by atoms with van der Waals surface area (Å²) in [5.41, 5.74) is 1.41. The van der Waals surface area contributed by atoms with Crippen molar-refractivity contribution in [2.45, 2.75) is 6.61 Å². The Bertz CT molecular complexity index is 1240. The van der Waals surface area contributed by atoms with Crippen LogP contribution in [0.5, 0.6) is 0 Å². The summed E-state index contributed by atoms with van der Waals surface area (Å²) in [4.78, 5) is 38.7. The molecule has 0 bridgehead atoms. The summed E-state index contributed by atoms with van der Waals surface area (Å²) in [6.07, 6.45) is 1.35. The van der Waals surface area contributed by atoms with Crippen LogP contribution in [0.4, 0.5) is 9.18 Å². The molecule has 1 aromatic heterocycles. The fraction of sp³-hybridized carbons (Fsp3) is 0.174. The van der Waals surface area contributed by atoms with Crippen LogP contribution >= 0.6 is 11.8 Å². The molecule has 0 radical (unpaired) electrons. The van der Waals surface area contributed by atoms with Gasteiger partial charge in [0, 0.05) is 36.7 Å². The van der Waals surface area contributed by atoms with Gasteiger partial charge in [0.1, 0.15) is 11.4 Å². The zero-order valence-electron chi connectivity index (χ0n) is 17.1. The highest BCUT2D eigenvalue weighted by Crippen LogP contribution is 2.32. The van der Waals surface area contributed by atoms with E-state index in [-0.39, 0.29) is 35.9 Å². The normalized spacial score (nSPS) is 15.2. The summed E-state index contributed by atoms with van der Waals surface area (Å²) in [5.74, 6) is -1.35. The third-order valence-electron chi connectivity index (χ3n) is 4.88. The van der Waals surface area contributed by atoms with Crippen molar-refractivity contribution in [1.29, 1.82) is 0 Å². The van der Waals surface area contributed by atoms with Crippen molar-refractivity contribution in [2.24, 2.45) is 0 Å². The quantitative estimate of drug-likeness (QED) is 0.539. The van der Waals surface area contributed by atoms with Crippen molar-refractivity contribution in [1.82, 2.24) is 10.2 Å². The maximum Gasteiger partial charge on any atom is 0.293 e. The average Bonchev–Trinajstić information content (AvgIpc) is 3.28. The van der Waals surface area contributed by atoms with E-state index in [0.29, 0.717) is 11.1 Å². The van der Waals surface area contributed by atoms with E-state index < -0.39 is 22.9 Å². The van der Waals surface area contributed by atoms with Gasteiger partial charge in [-0.25, -0.2) is 4.39 Å². The summed E-state index contributed by atoms with van der Waals surface area (Å²) in [5, 5.41) is 2.98. The third-order valence-corrected chi connectivity index (χ3v) is 5.79. The number of carbonyl (C=O) groups excluding carboxylic acids is 3. The SMILES string of the molecule is COCc1c(C(=O)NCCN2C(=O)SC(=Cc3ccccc3F)C2=O)oc2ccccc12. The highest BCUT2D eigenvalue weighted by molar-refractivity contribution is 8.18. The van der Waals surface area contributed by atoms with Gasteiger partial charge >= 0.3 is 0 Å². The number of fused-ring (bicyclic) bond motifs is 1. The molecule has 3 amide bonds. The van der Waals surface area contributed by atoms with Gasteiger partial charge < -0.3 is 14.5 Å². The molecule has 3 aromatic rings. The lowest BCUT2D eigenvalue weighted by atomic mass is 10.1. The fourth-order valence-electron chi connectivity index (χ4n) is 3.36. The number of amides is 3. The number of furan rings is 1. The van der Waals surface area contributed by atoms with Gasteiger partial charge in [-0.3, -0.25) is 19.3 Å². The zero-order chi connectivity index (χ0) is 22.7. The molecule has 0 spiro atoms. The Labute approximate surface area is 187 Å². The maximum absolute atomic E-state index is 13.9. The summed E-state index contributed by atoms with van der Waals surface area (Å²) >= 11 is 0.737. The molecule has 1 fully saturated rings. The van der Waals surface area contributed by atoms with E-state index in [0.717, 1.165) is 22.0 Å². The van der Waals surface area contributed by atoms with Gasteiger partial charge in [-0.1, -0.05) is 36.4 Å². The largest absolute Gasteiger partial charge is 0.451 e. The van der Waals surface area contributed by atoms with Gasteiger partial charge in [-0.05, 0) is 30.0 Å². The highest BCUT2D eigenvalue weighted by Gasteiger charge is 2.35. The monoisotopic (exact) mass is 454 g/mol. The summed E-state index contributed by atoms with van der Waals surface area (Å²) in [6.45, 7) is 0.210. The van der Waals surface area contributed by atoms with Crippen molar-refractivity contribution >= 4 is 45.9 Å². The molecule has 1 saturated heterocycles. The first-order valence-corrected chi connectivity index (χ1v) is 10.6. The van der Waals surface area contributed by atoms with Crippen molar-refractivity contribution in [3.8, 4) is 0 Å². The van der Waals surface area contributed by atoms with Gasteiger partial charge in [0.05, 0.1) is 11.5 Å². The van der Waals surface area contributed by atoms with E-state index in [4.69, 9.17) is 9.15 Å². The number of carbonyl (C=O) groups is 3. The summed E-state index contributed by atoms with van der Waals surface area (Å²) < 4.78 is 24.7. The van der Waals surface area contributed by atoms with Crippen LogP contribution in [0.3, 0.4) is 0 Å². The van der Waals surface area contributed by atoms with Crippen molar-refractivity contribution in [2.75, 3.05) is 20.2 Å². The summed E-state index contributed by atoms with van der Waals surface area (Å²) in [7, 11) is 1.53. The number of nitrogens with zero attached hydrogens (tertiary/aromatic N) is 1. The standard InChI is InChI=1S/C23H19FN2O5S/c1-30-13-16-15-7-3-5-9-18(15)31-20(16)21(27)25-10-11-26-22(28)19(32-23(26)29)12-14-6-2-4-8-17(14)24/h2-9,12H,10-11,13H2,1H3,(H,25,27). The Morgan fingerprint density at radius 2 is 1.94 bits per heavy atom. The van der Waals surface area contributed by atoms with Crippen LogP contribution in [0.2, 0.25) is 0 Å². The van der Waals surface area contributed by atoms with E-state index in [2.05, 4.69) is 5.32 Å². The molecule has 2 aromatic carbocycles. The molecule has 9 heteroatoms. The second kappa shape index (κ2) is 9.37. The number of thioether (sulfide) groups is 1. The molecule has 7 nitrogen and oxygen atoms in total. The molecular formula is C23H19FN2O5S. The number of halogens is 1. The van der Waals surface area contributed by atoms with Gasteiger partial charge in [0.25, 0.3) is 17.1 Å². The Kier molecular flexibility index (Phi) is 6.38. The second-order valence-electron chi connectivity index (χ2n) is 6.95. The predicted octanol–water partition coefficient (Wildman–Crippen LogP) is 4.18. The zero-order valence-corrected chi connectivity index (χ0v) is 17.9. The van der Waals surface area contributed by atoms with Crippen molar-refractivity contribution < 1.29 is 27.9 Å². The third kappa shape index (κ3) is 4.30. The lowest BCUT2D eigenvalue weighted by Gasteiger charge is -2.12. The van der Waals surface area contributed by atoms with E-state index in [1.54, 1.807) is 24.3 Å². The Balaban J connectivity index is 1.42. The van der Waals surface area contributed by atoms with Crippen LogP contribution in [-0.4, -0.2) is 42.2 Å². The topological polar surface area (TPSA) is 88.9 Å². The van der Waals surface area contributed by atoms with Crippen LogP contribution in [0.25, 0.3) is 17.0 Å². The van der Waals surface area contributed by atoms with Crippen LogP contribution < -0.4 is 5.32 Å². The van der Waals surface area contributed by atoms with E-state index in [1.807, 2.05) is 12.1 Å². The first kappa shape index (κ1) is 21.8. The van der Waals surface area contributed by atoms with Gasteiger partial charge in [0.15, 0.2) is 5.76 Å². The first-order valence-electron chi connectivity index (χ1n) is 9.77. The molecule has 1 aliphatic heterocycles. The van der Waals surface area contributed by atoms with Crippen molar-refractivity contribution in [3.05, 3.63) is 76.1 Å². The first-order chi connectivity index (χ1) is 15.5. The molecule has 0 saturated carbocycles. The lowest BCUT2D eigenvalue weighted by molar-refractivity contribution is -0.122. The minimum Gasteiger partial charge on any atom is -0.451 e.